The van der Waals surface area contributed by atoms with Crippen molar-refractivity contribution in [1.29, 1.82) is 0 Å². The Morgan fingerprint density at radius 2 is 2.08 bits per heavy atom. The average molecular weight is 358 g/mol. The fraction of sp³-hybridized carbons (Fsp3) is 0.278. The van der Waals surface area contributed by atoms with E-state index < -0.39 is 35.6 Å². The minimum Gasteiger partial charge on any atom is -0.319 e. The zero-order valence-electron chi connectivity index (χ0n) is 13.3. The summed E-state index contributed by atoms with van der Waals surface area (Å²) in [5.74, 6) is -1.69. The smallest absolute Gasteiger partial charge is 0.319 e. The van der Waals surface area contributed by atoms with Crippen molar-refractivity contribution >= 4 is 29.1 Å². The predicted octanol–water partition coefficient (Wildman–Crippen LogP) is 2.85. The van der Waals surface area contributed by atoms with Gasteiger partial charge in [0.05, 0.1) is 12.1 Å². The van der Waals surface area contributed by atoms with Gasteiger partial charge in [-0.1, -0.05) is 12.1 Å². The number of imide groups is 1. The van der Waals surface area contributed by atoms with Gasteiger partial charge in [0.25, 0.3) is 5.91 Å². The lowest BCUT2D eigenvalue weighted by Crippen LogP contribution is -2.46. The van der Waals surface area contributed by atoms with E-state index in [4.69, 9.17) is 0 Å². The summed E-state index contributed by atoms with van der Waals surface area (Å²) in [4.78, 5) is 39.8. The zero-order chi connectivity index (χ0) is 17.6. The summed E-state index contributed by atoms with van der Waals surface area (Å²) in [6.45, 7) is -0.465. The number of halogens is 1. The summed E-state index contributed by atoms with van der Waals surface area (Å²) in [7, 11) is 0. The van der Waals surface area contributed by atoms with Gasteiger partial charge in [0.15, 0.2) is 5.78 Å². The molecule has 7 heteroatoms. The van der Waals surface area contributed by atoms with E-state index in [0.29, 0.717) is 6.42 Å². The molecule has 1 spiro atoms. The number of nitrogens with zero attached hydrogens (tertiary/aromatic N) is 1. The third-order valence-corrected chi connectivity index (χ3v) is 5.79. The number of benzene rings is 1. The highest BCUT2D eigenvalue weighted by Gasteiger charge is 2.54. The first-order chi connectivity index (χ1) is 12.0. The second-order valence-corrected chi connectivity index (χ2v) is 7.24. The molecule has 128 valence electrons. The number of Topliss-reactive ketones (excluding diaryl/α,β-unsaturated/α-hetero) is 1. The summed E-state index contributed by atoms with van der Waals surface area (Å²) in [5, 5.41) is 4.69. The maximum Gasteiger partial charge on any atom is 0.325 e. The van der Waals surface area contributed by atoms with Gasteiger partial charge in [0.2, 0.25) is 0 Å². The van der Waals surface area contributed by atoms with Crippen molar-refractivity contribution in [3.05, 3.63) is 57.5 Å². The Hall–Kier alpha value is -2.54. The summed E-state index contributed by atoms with van der Waals surface area (Å²) in [6.07, 6.45) is 2.17. The molecular weight excluding hydrogens is 343 g/mol. The highest BCUT2D eigenvalue weighted by atomic mass is 32.1. The summed E-state index contributed by atoms with van der Waals surface area (Å²) in [5.41, 5.74) is -0.382. The van der Waals surface area contributed by atoms with Crippen molar-refractivity contribution in [2.45, 2.75) is 24.8 Å². The van der Waals surface area contributed by atoms with Crippen LogP contribution in [0.1, 0.15) is 33.6 Å². The van der Waals surface area contributed by atoms with Crippen molar-refractivity contribution in [3.63, 3.8) is 0 Å². The first-order valence-electron chi connectivity index (χ1n) is 8.01. The third kappa shape index (κ3) is 2.38. The van der Waals surface area contributed by atoms with E-state index in [1.165, 1.54) is 18.2 Å². The van der Waals surface area contributed by atoms with Gasteiger partial charge in [-0.25, -0.2) is 9.18 Å². The van der Waals surface area contributed by atoms with Crippen LogP contribution in [0.3, 0.4) is 0 Å². The molecule has 0 saturated carbocycles. The van der Waals surface area contributed by atoms with Crippen LogP contribution < -0.4 is 5.32 Å². The molecule has 1 atom stereocenters. The SMILES string of the molecule is O=C(CN1C(=O)N[C@@]2(CCCc3sccc32)C1=O)c1ccccc1F. The first kappa shape index (κ1) is 16.0. The van der Waals surface area contributed by atoms with Gasteiger partial charge >= 0.3 is 6.03 Å². The van der Waals surface area contributed by atoms with Crippen LogP contribution in [0.15, 0.2) is 35.7 Å². The number of nitrogens with one attached hydrogen (secondary N) is 1. The molecule has 0 unspecified atom stereocenters. The predicted molar refractivity (Wildman–Crippen MR) is 89.9 cm³/mol. The third-order valence-electron chi connectivity index (χ3n) is 4.81. The Labute approximate surface area is 147 Å². The zero-order valence-corrected chi connectivity index (χ0v) is 14.1. The molecule has 25 heavy (non-hydrogen) atoms. The van der Waals surface area contributed by atoms with Crippen LogP contribution in [0, 0.1) is 5.82 Å². The second kappa shape index (κ2) is 5.77. The summed E-state index contributed by atoms with van der Waals surface area (Å²) >= 11 is 1.56. The maximum atomic E-state index is 13.8. The van der Waals surface area contributed by atoms with Crippen LogP contribution in [0.4, 0.5) is 9.18 Å². The number of thiophene rings is 1. The van der Waals surface area contributed by atoms with Crippen LogP contribution in [-0.4, -0.2) is 29.2 Å². The molecule has 2 aromatic rings. The minimum atomic E-state index is -1.08. The number of amides is 3. The number of fused-ring (bicyclic) bond motifs is 2. The fourth-order valence-corrected chi connectivity index (χ4v) is 4.60. The number of carbonyl (C=O) groups is 3. The van der Waals surface area contributed by atoms with E-state index in [1.807, 2.05) is 11.4 Å². The highest BCUT2D eigenvalue weighted by molar-refractivity contribution is 7.10. The lowest BCUT2D eigenvalue weighted by molar-refractivity contribution is -0.131. The second-order valence-electron chi connectivity index (χ2n) is 6.24. The Morgan fingerprint density at radius 3 is 2.88 bits per heavy atom. The van der Waals surface area contributed by atoms with Crippen LogP contribution in [0.2, 0.25) is 0 Å². The molecule has 1 aromatic heterocycles. The van der Waals surface area contributed by atoms with Gasteiger partial charge < -0.3 is 5.32 Å². The molecule has 1 N–H and O–H groups in total. The van der Waals surface area contributed by atoms with Crippen molar-refractivity contribution in [2.24, 2.45) is 0 Å². The quantitative estimate of drug-likeness (QED) is 0.678. The van der Waals surface area contributed by atoms with E-state index in [1.54, 1.807) is 17.4 Å². The van der Waals surface area contributed by atoms with Crippen LogP contribution in [0.25, 0.3) is 0 Å². The van der Waals surface area contributed by atoms with Crippen molar-refractivity contribution in [3.8, 4) is 0 Å². The van der Waals surface area contributed by atoms with Crippen LogP contribution in [0.5, 0.6) is 0 Å². The van der Waals surface area contributed by atoms with Crippen LogP contribution in [-0.2, 0) is 16.8 Å². The van der Waals surface area contributed by atoms with Gasteiger partial charge in [0.1, 0.15) is 11.4 Å². The van der Waals surface area contributed by atoms with Crippen molar-refractivity contribution in [2.75, 3.05) is 6.54 Å². The normalized spacial score (nSPS) is 22.2. The topological polar surface area (TPSA) is 66.5 Å². The number of rotatable bonds is 3. The van der Waals surface area contributed by atoms with Gasteiger partial charge in [-0.3, -0.25) is 14.5 Å². The Morgan fingerprint density at radius 1 is 1.28 bits per heavy atom. The Balaban J connectivity index is 1.63. The molecule has 4 rings (SSSR count). The molecule has 1 aliphatic carbocycles. The van der Waals surface area contributed by atoms with E-state index in [9.17, 15) is 18.8 Å². The highest BCUT2D eigenvalue weighted by Crippen LogP contribution is 2.42. The molecule has 2 heterocycles. The molecule has 1 fully saturated rings. The van der Waals surface area contributed by atoms with Crippen molar-refractivity contribution < 1.29 is 18.8 Å². The van der Waals surface area contributed by atoms with Crippen LogP contribution >= 0.6 is 11.3 Å². The Bertz CT molecular complexity index is 894. The van der Waals surface area contributed by atoms with E-state index in [2.05, 4.69) is 5.32 Å². The molecule has 1 saturated heterocycles. The maximum absolute atomic E-state index is 13.8. The average Bonchev–Trinajstić information content (AvgIpc) is 3.16. The minimum absolute atomic E-state index is 0.121. The molecule has 1 aromatic carbocycles. The summed E-state index contributed by atoms with van der Waals surface area (Å²) < 4.78 is 13.8. The molecular formula is C18H15FN2O3S. The number of carbonyl (C=O) groups excluding carboxylic acids is 3. The first-order valence-corrected chi connectivity index (χ1v) is 8.89. The molecule has 2 aliphatic rings. The lowest BCUT2D eigenvalue weighted by Gasteiger charge is -2.31. The monoisotopic (exact) mass is 358 g/mol. The van der Waals surface area contributed by atoms with Gasteiger partial charge in [-0.2, -0.15) is 0 Å². The molecule has 5 nitrogen and oxygen atoms in total. The fourth-order valence-electron chi connectivity index (χ4n) is 3.60. The lowest BCUT2D eigenvalue weighted by atomic mass is 9.80. The number of ketones is 1. The number of hydrogen-bond acceptors (Lipinski definition) is 4. The van der Waals surface area contributed by atoms with Gasteiger partial charge in [0, 0.05) is 10.4 Å². The van der Waals surface area contributed by atoms with E-state index in [0.717, 1.165) is 28.2 Å². The number of hydrogen-bond donors (Lipinski definition) is 1. The molecule has 0 bridgehead atoms. The van der Waals surface area contributed by atoms with Gasteiger partial charge in [-0.15, -0.1) is 11.3 Å². The standard InChI is InChI=1S/C18H15FN2O3S/c19-13-5-2-1-4-11(13)14(22)10-21-16(23)18(20-17(21)24)8-3-6-15-12(18)7-9-25-15/h1-2,4-5,7,9H,3,6,8,10H2,(H,20,24)/t18-/m1/s1. The molecule has 1 aliphatic heterocycles. The van der Waals surface area contributed by atoms with Crippen molar-refractivity contribution in [1.82, 2.24) is 10.2 Å². The van der Waals surface area contributed by atoms with E-state index >= 15 is 0 Å². The molecule has 0 radical (unpaired) electrons. The van der Waals surface area contributed by atoms with Gasteiger partial charge in [-0.05, 0) is 42.8 Å². The van der Waals surface area contributed by atoms with E-state index in [-0.39, 0.29) is 5.56 Å². The number of urea groups is 1. The largest absolute Gasteiger partial charge is 0.325 e. The Kier molecular flexibility index (Phi) is 3.68. The summed E-state index contributed by atoms with van der Waals surface area (Å²) in [6, 6.07) is 6.81. The molecule has 3 amide bonds. The number of aryl methyl sites for hydroxylation is 1.